The van der Waals surface area contributed by atoms with Gasteiger partial charge in [-0.1, -0.05) is 43.3 Å². The predicted molar refractivity (Wildman–Crippen MR) is 112 cm³/mol. The molecule has 0 atom stereocenters. The van der Waals surface area contributed by atoms with Crippen molar-refractivity contribution in [2.75, 3.05) is 5.32 Å². The third-order valence-electron chi connectivity index (χ3n) is 4.36. The Labute approximate surface area is 166 Å². The summed E-state index contributed by atoms with van der Waals surface area (Å²) >= 11 is 1.66. The molecule has 4 rings (SSSR count). The zero-order valence-electron chi connectivity index (χ0n) is 15.3. The second-order valence-electron chi connectivity index (χ2n) is 6.37. The number of nitro benzene ring substituents is 1. The van der Waals surface area contributed by atoms with Crippen LogP contribution in [0.3, 0.4) is 0 Å². The molecule has 7 heteroatoms. The average molecular weight is 390 g/mol. The van der Waals surface area contributed by atoms with E-state index in [0.29, 0.717) is 17.9 Å². The number of nitrogens with one attached hydrogen (secondary N) is 1. The normalized spacial score (nSPS) is 10.9. The van der Waals surface area contributed by atoms with E-state index in [0.717, 1.165) is 28.0 Å². The standard InChI is InChI=1S/C21H18N4O2S/c1-2-17-13-18-20(22-15-9-6-10-16(12-15)25(26)27)23-19(24-21(18)28-17)11-14-7-4-3-5-8-14/h3-10,12-13H,2,11H2,1H3,(H,22,23,24). The van der Waals surface area contributed by atoms with Gasteiger partial charge >= 0.3 is 0 Å². The molecular weight excluding hydrogens is 372 g/mol. The van der Waals surface area contributed by atoms with E-state index in [-0.39, 0.29) is 5.69 Å². The fraction of sp³-hybridized carbons (Fsp3) is 0.143. The Morgan fingerprint density at radius 1 is 1.07 bits per heavy atom. The topological polar surface area (TPSA) is 81.0 Å². The fourth-order valence-corrected chi connectivity index (χ4v) is 3.96. The number of aryl methyl sites for hydroxylation is 1. The van der Waals surface area contributed by atoms with Crippen LogP contribution in [0.1, 0.15) is 23.2 Å². The molecule has 0 aliphatic rings. The highest BCUT2D eigenvalue weighted by molar-refractivity contribution is 7.18. The largest absolute Gasteiger partial charge is 0.339 e. The van der Waals surface area contributed by atoms with Crippen molar-refractivity contribution in [1.82, 2.24) is 9.97 Å². The summed E-state index contributed by atoms with van der Waals surface area (Å²) in [6, 6.07) is 18.6. The SMILES string of the molecule is CCc1cc2c(Nc3cccc([N+](=O)[O-])c3)nc(Cc3ccccc3)nc2s1. The molecule has 0 bridgehead atoms. The van der Waals surface area contributed by atoms with Crippen molar-refractivity contribution < 1.29 is 4.92 Å². The molecule has 6 nitrogen and oxygen atoms in total. The third kappa shape index (κ3) is 3.84. The first-order chi connectivity index (χ1) is 13.6. The quantitative estimate of drug-likeness (QED) is 0.347. The smallest absolute Gasteiger partial charge is 0.271 e. The highest BCUT2D eigenvalue weighted by Gasteiger charge is 2.13. The Balaban J connectivity index is 1.75. The van der Waals surface area contributed by atoms with Gasteiger partial charge in [0.15, 0.2) is 0 Å². The van der Waals surface area contributed by atoms with E-state index >= 15 is 0 Å². The van der Waals surface area contributed by atoms with E-state index in [1.54, 1.807) is 23.5 Å². The van der Waals surface area contributed by atoms with Gasteiger partial charge in [0.25, 0.3) is 5.69 Å². The molecule has 4 aromatic rings. The van der Waals surface area contributed by atoms with Crippen molar-refractivity contribution in [2.45, 2.75) is 19.8 Å². The van der Waals surface area contributed by atoms with Gasteiger partial charge in [-0.25, -0.2) is 9.97 Å². The first-order valence-corrected chi connectivity index (χ1v) is 9.79. The Morgan fingerprint density at radius 2 is 1.89 bits per heavy atom. The fourth-order valence-electron chi connectivity index (χ4n) is 2.98. The van der Waals surface area contributed by atoms with Crippen molar-refractivity contribution in [1.29, 1.82) is 0 Å². The van der Waals surface area contributed by atoms with Gasteiger partial charge in [-0.15, -0.1) is 11.3 Å². The van der Waals surface area contributed by atoms with E-state index in [1.807, 2.05) is 30.3 Å². The lowest BCUT2D eigenvalue weighted by Gasteiger charge is -2.09. The van der Waals surface area contributed by atoms with Gasteiger partial charge in [-0.2, -0.15) is 0 Å². The summed E-state index contributed by atoms with van der Waals surface area (Å²) in [6.45, 7) is 2.11. The molecular formula is C21H18N4O2S. The molecule has 2 aromatic heterocycles. The Morgan fingerprint density at radius 3 is 2.64 bits per heavy atom. The van der Waals surface area contributed by atoms with Crippen LogP contribution in [0.15, 0.2) is 60.7 Å². The number of rotatable bonds is 6. The number of hydrogen-bond acceptors (Lipinski definition) is 6. The van der Waals surface area contributed by atoms with Crippen LogP contribution < -0.4 is 5.32 Å². The minimum absolute atomic E-state index is 0.0411. The number of nitro groups is 1. The Bertz CT molecular complexity index is 1140. The zero-order valence-corrected chi connectivity index (χ0v) is 16.1. The van der Waals surface area contributed by atoms with Crippen LogP contribution in [0.5, 0.6) is 0 Å². The molecule has 1 N–H and O–H groups in total. The van der Waals surface area contributed by atoms with Crippen LogP contribution in [0.2, 0.25) is 0 Å². The number of benzene rings is 2. The Kier molecular flexibility index (Phi) is 4.99. The molecule has 0 spiro atoms. The van der Waals surface area contributed by atoms with E-state index < -0.39 is 4.92 Å². The van der Waals surface area contributed by atoms with E-state index in [1.165, 1.54) is 17.0 Å². The molecule has 140 valence electrons. The zero-order chi connectivity index (χ0) is 19.5. The molecule has 0 radical (unpaired) electrons. The first-order valence-electron chi connectivity index (χ1n) is 8.97. The molecule has 28 heavy (non-hydrogen) atoms. The summed E-state index contributed by atoms with van der Waals surface area (Å²) in [5.41, 5.74) is 1.80. The van der Waals surface area contributed by atoms with Gasteiger partial charge in [0.05, 0.1) is 10.3 Å². The van der Waals surface area contributed by atoms with Crippen LogP contribution in [0, 0.1) is 10.1 Å². The summed E-state index contributed by atoms with van der Waals surface area (Å²) in [4.78, 5) is 22.3. The van der Waals surface area contributed by atoms with E-state index in [4.69, 9.17) is 9.97 Å². The lowest BCUT2D eigenvalue weighted by atomic mass is 10.1. The van der Waals surface area contributed by atoms with Gasteiger partial charge in [0.2, 0.25) is 0 Å². The van der Waals surface area contributed by atoms with Crippen LogP contribution in [0.4, 0.5) is 17.2 Å². The van der Waals surface area contributed by atoms with Gasteiger partial charge in [0, 0.05) is 29.1 Å². The van der Waals surface area contributed by atoms with E-state index in [2.05, 4.69) is 18.3 Å². The molecule has 2 aromatic carbocycles. The highest BCUT2D eigenvalue weighted by Crippen LogP contribution is 2.32. The molecule has 0 amide bonds. The van der Waals surface area contributed by atoms with Gasteiger partial charge in [-0.05, 0) is 24.1 Å². The number of anilines is 2. The van der Waals surface area contributed by atoms with Gasteiger partial charge < -0.3 is 5.32 Å². The average Bonchev–Trinajstić information content (AvgIpc) is 3.12. The van der Waals surface area contributed by atoms with Crippen molar-refractivity contribution >= 4 is 38.7 Å². The minimum Gasteiger partial charge on any atom is -0.339 e. The summed E-state index contributed by atoms with van der Waals surface area (Å²) in [5, 5.41) is 15.3. The minimum atomic E-state index is -0.401. The van der Waals surface area contributed by atoms with Crippen molar-refractivity contribution in [2.24, 2.45) is 0 Å². The number of aromatic nitrogens is 2. The first kappa shape index (κ1) is 18.1. The van der Waals surface area contributed by atoms with Crippen molar-refractivity contribution in [3.63, 3.8) is 0 Å². The lowest BCUT2D eigenvalue weighted by Crippen LogP contribution is -2.02. The predicted octanol–water partition coefficient (Wildman–Crippen LogP) is 5.50. The van der Waals surface area contributed by atoms with E-state index in [9.17, 15) is 10.1 Å². The van der Waals surface area contributed by atoms with Crippen LogP contribution in [0.25, 0.3) is 10.2 Å². The number of non-ortho nitro benzene ring substituents is 1. The van der Waals surface area contributed by atoms with Crippen LogP contribution in [-0.2, 0) is 12.8 Å². The van der Waals surface area contributed by atoms with Crippen molar-refractivity contribution in [3.05, 3.63) is 87.0 Å². The maximum Gasteiger partial charge on any atom is 0.271 e. The number of thiophene rings is 1. The molecule has 0 aliphatic carbocycles. The number of fused-ring (bicyclic) bond motifs is 1. The number of nitrogens with zero attached hydrogens (tertiary/aromatic N) is 3. The monoisotopic (exact) mass is 390 g/mol. The molecule has 0 saturated carbocycles. The molecule has 0 aliphatic heterocycles. The third-order valence-corrected chi connectivity index (χ3v) is 5.54. The lowest BCUT2D eigenvalue weighted by molar-refractivity contribution is -0.384. The summed E-state index contributed by atoms with van der Waals surface area (Å²) in [5.74, 6) is 1.39. The molecule has 0 saturated heterocycles. The maximum absolute atomic E-state index is 11.1. The number of hydrogen-bond donors (Lipinski definition) is 1. The summed E-state index contributed by atoms with van der Waals surface area (Å²) < 4.78 is 0. The Hall–Kier alpha value is -3.32. The molecule has 2 heterocycles. The van der Waals surface area contributed by atoms with Gasteiger partial charge in [0.1, 0.15) is 16.5 Å². The molecule has 0 fully saturated rings. The summed E-state index contributed by atoms with van der Waals surface area (Å²) in [7, 11) is 0. The summed E-state index contributed by atoms with van der Waals surface area (Å²) in [6.07, 6.45) is 1.55. The maximum atomic E-state index is 11.1. The van der Waals surface area contributed by atoms with Crippen molar-refractivity contribution in [3.8, 4) is 0 Å². The second kappa shape index (κ2) is 7.74. The molecule has 0 unspecified atom stereocenters. The van der Waals surface area contributed by atoms with Crippen LogP contribution in [-0.4, -0.2) is 14.9 Å². The highest BCUT2D eigenvalue weighted by atomic mass is 32.1. The van der Waals surface area contributed by atoms with Gasteiger partial charge in [-0.3, -0.25) is 10.1 Å². The van der Waals surface area contributed by atoms with Crippen LogP contribution >= 0.6 is 11.3 Å². The second-order valence-corrected chi connectivity index (χ2v) is 7.48.